The number of unbranched alkanes of at least 4 members (excludes halogenated alkanes) is 1. The molecule has 0 amide bonds. The van der Waals surface area contributed by atoms with Gasteiger partial charge in [0, 0.05) is 42.7 Å². The van der Waals surface area contributed by atoms with Crippen LogP contribution in [0.1, 0.15) is 90.1 Å². The first-order chi connectivity index (χ1) is 18.2. The van der Waals surface area contributed by atoms with E-state index in [1.54, 1.807) is 34.8 Å². The maximum absolute atomic E-state index is 13.9. The van der Waals surface area contributed by atoms with Crippen LogP contribution in [0.15, 0.2) is 52.0 Å². The summed E-state index contributed by atoms with van der Waals surface area (Å²) in [6, 6.07) is 10.7. The Hall–Kier alpha value is -2.51. The lowest BCUT2D eigenvalue weighted by Crippen LogP contribution is -2.32. The molecule has 0 aliphatic rings. The number of rotatable bonds is 14. The molecule has 1 atom stereocenters. The molecule has 0 aliphatic heterocycles. The van der Waals surface area contributed by atoms with Crippen molar-refractivity contribution in [1.29, 1.82) is 0 Å². The number of fused-ring (bicyclic) bond motifs is 1. The topological polar surface area (TPSA) is 80.5 Å². The van der Waals surface area contributed by atoms with Crippen LogP contribution in [0.4, 0.5) is 0 Å². The van der Waals surface area contributed by atoms with Gasteiger partial charge in [-0.2, -0.15) is 4.31 Å². The number of aromatic nitrogens is 1. The zero-order valence-corrected chi connectivity index (χ0v) is 25.6. The van der Waals surface area contributed by atoms with Crippen LogP contribution >= 0.6 is 0 Å². The predicted octanol–water partition coefficient (Wildman–Crippen LogP) is 7.86. The molecule has 3 rings (SSSR count). The molecular formula is C32H46N2O4S. The van der Waals surface area contributed by atoms with Crippen LogP contribution in [-0.4, -0.2) is 30.0 Å². The predicted molar refractivity (Wildman–Crippen MR) is 158 cm³/mol. The van der Waals surface area contributed by atoms with E-state index in [0.29, 0.717) is 42.6 Å². The molecule has 0 aliphatic carbocycles. The van der Waals surface area contributed by atoms with Gasteiger partial charge in [0.15, 0.2) is 0 Å². The quantitative estimate of drug-likeness (QED) is 0.189. The molecule has 0 radical (unpaired) electrons. The second kappa shape index (κ2) is 13.2. The summed E-state index contributed by atoms with van der Waals surface area (Å²) < 4.78 is 34.7. The van der Waals surface area contributed by atoms with Gasteiger partial charge in [-0.15, -0.1) is 0 Å². The molecule has 0 N–H and O–H groups in total. The normalized spacial score (nSPS) is 13.5. The van der Waals surface area contributed by atoms with Gasteiger partial charge in [0.05, 0.1) is 11.2 Å². The SMILES string of the molecule is Cc1ccc(CN(CCCCC(CC(=O)CC(C)(C)C)CC(C)C)S(=O)(=O)c2ccc3occc3c2)c(C)n1. The Labute approximate surface area is 235 Å². The largest absolute Gasteiger partial charge is 0.464 e. The molecule has 2 aromatic heterocycles. The minimum atomic E-state index is -3.74. The third kappa shape index (κ3) is 9.28. The molecule has 3 aromatic rings. The average Bonchev–Trinajstić information content (AvgIpc) is 3.28. The minimum absolute atomic E-state index is 0.00321. The Morgan fingerprint density at radius 3 is 2.46 bits per heavy atom. The highest BCUT2D eigenvalue weighted by Crippen LogP contribution is 2.28. The van der Waals surface area contributed by atoms with Crippen molar-refractivity contribution in [3.05, 3.63) is 59.6 Å². The van der Waals surface area contributed by atoms with Crippen molar-refractivity contribution >= 4 is 26.8 Å². The molecular weight excluding hydrogens is 508 g/mol. The zero-order chi connectivity index (χ0) is 28.8. The Kier molecular flexibility index (Phi) is 10.5. The number of carbonyl (C=O) groups is 1. The summed E-state index contributed by atoms with van der Waals surface area (Å²) in [7, 11) is -3.74. The number of ketones is 1. The molecule has 1 unspecified atom stereocenters. The van der Waals surface area contributed by atoms with Gasteiger partial charge in [0.25, 0.3) is 0 Å². The zero-order valence-electron chi connectivity index (χ0n) is 24.8. The van der Waals surface area contributed by atoms with Crippen LogP contribution in [-0.2, 0) is 21.4 Å². The van der Waals surface area contributed by atoms with E-state index in [2.05, 4.69) is 39.6 Å². The van der Waals surface area contributed by atoms with Gasteiger partial charge in [-0.1, -0.05) is 47.1 Å². The Morgan fingerprint density at radius 2 is 1.79 bits per heavy atom. The number of Topliss-reactive ketones (excluding diaryl/α,β-unsaturated/α-hetero) is 1. The summed E-state index contributed by atoms with van der Waals surface area (Å²) in [5, 5.41) is 0.764. The van der Waals surface area contributed by atoms with Crippen molar-refractivity contribution in [1.82, 2.24) is 9.29 Å². The number of pyridine rings is 1. The van der Waals surface area contributed by atoms with Crippen LogP contribution < -0.4 is 0 Å². The average molecular weight is 555 g/mol. The van der Waals surface area contributed by atoms with Crippen LogP contribution in [0.3, 0.4) is 0 Å². The number of aryl methyl sites for hydroxylation is 2. The smallest absolute Gasteiger partial charge is 0.243 e. The summed E-state index contributed by atoms with van der Waals surface area (Å²) in [6.07, 6.45) is 6.31. The van der Waals surface area contributed by atoms with E-state index < -0.39 is 10.0 Å². The summed E-state index contributed by atoms with van der Waals surface area (Å²) in [4.78, 5) is 17.5. The molecule has 1 aromatic carbocycles. The second-order valence-corrected chi connectivity index (χ2v) is 14.6. The summed E-state index contributed by atoms with van der Waals surface area (Å²) >= 11 is 0. The van der Waals surface area contributed by atoms with Gasteiger partial charge in [-0.25, -0.2) is 8.42 Å². The van der Waals surface area contributed by atoms with Gasteiger partial charge < -0.3 is 4.42 Å². The van der Waals surface area contributed by atoms with E-state index >= 15 is 0 Å². The Bertz CT molecular complexity index is 1350. The van der Waals surface area contributed by atoms with E-state index in [1.807, 2.05) is 26.0 Å². The Morgan fingerprint density at radius 1 is 1.05 bits per heavy atom. The number of sulfonamides is 1. The molecule has 0 saturated heterocycles. The minimum Gasteiger partial charge on any atom is -0.464 e. The third-order valence-corrected chi connectivity index (χ3v) is 8.90. The van der Waals surface area contributed by atoms with Gasteiger partial charge in [-0.05, 0) is 86.3 Å². The lowest BCUT2D eigenvalue weighted by molar-refractivity contribution is -0.121. The van der Waals surface area contributed by atoms with E-state index in [-0.39, 0.29) is 16.9 Å². The van der Waals surface area contributed by atoms with Crippen LogP contribution in [0.25, 0.3) is 11.0 Å². The molecule has 0 bridgehead atoms. The number of hydrogen-bond acceptors (Lipinski definition) is 5. The number of hydrogen-bond donors (Lipinski definition) is 0. The number of benzene rings is 1. The molecule has 214 valence electrons. The van der Waals surface area contributed by atoms with Gasteiger partial charge in [0.2, 0.25) is 10.0 Å². The monoisotopic (exact) mass is 554 g/mol. The first-order valence-corrected chi connectivity index (χ1v) is 15.6. The van der Waals surface area contributed by atoms with Crippen molar-refractivity contribution < 1.29 is 17.6 Å². The number of furan rings is 1. The van der Waals surface area contributed by atoms with Crippen molar-refractivity contribution in [2.24, 2.45) is 17.3 Å². The van der Waals surface area contributed by atoms with E-state index in [4.69, 9.17) is 4.42 Å². The lowest BCUT2D eigenvalue weighted by Gasteiger charge is -2.24. The van der Waals surface area contributed by atoms with Gasteiger partial charge in [0.1, 0.15) is 11.4 Å². The van der Waals surface area contributed by atoms with Gasteiger partial charge in [-0.3, -0.25) is 9.78 Å². The van der Waals surface area contributed by atoms with Crippen LogP contribution in [0, 0.1) is 31.1 Å². The fraction of sp³-hybridized carbons (Fsp3) is 0.562. The highest BCUT2D eigenvalue weighted by Gasteiger charge is 2.26. The summed E-state index contributed by atoms with van der Waals surface area (Å²) in [6.45, 7) is 15.2. The number of carbonyl (C=O) groups excluding carboxylic acids is 1. The molecule has 0 saturated carbocycles. The lowest BCUT2D eigenvalue weighted by atomic mass is 9.83. The highest BCUT2D eigenvalue weighted by molar-refractivity contribution is 7.89. The molecule has 0 fully saturated rings. The van der Waals surface area contributed by atoms with Crippen molar-refractivity contribution in [2.75, 3.05) is 6.54 Å². The first kappa shape index (κ1) is 31.0. The third-order valence-electron chi connectivity index (χ3n) is 7.06. The summed E-state index contributed by atoms with van der Waals surface area (Å²) in [5.74, 6) is 1.18. The number of nitrogens with zero attached hydrogens (tertiary/aromatic N) is 2. The van der Waals surface area contributed by atoms with E-state index in [9.17, 15) is 13.2 Å². The second-order valence-electron chi connectivity index (χ2n) is 12.6. The first-order valence-electron chi connectivity index (χ1n) is 14.2. The van der Waals surface area contributed by atoms with E-state index in [1.165, 1.54) is 0 Å². The molecule has 0 spiro atoms. The molecule has 7 heteroatoms. The molecule has 6 nitrogen and oxygen atoms in total. The fourth-order valence-corrected chi connectivity index (χ4v) is 6.78. The highest BCUT2D eigenvalue weighted by atomic mass is 32.2. The summed E-state index contributed by atoms with van der Waals surface area (Å²) in [5.41, 5.74) is 3.31. The van der Waals surface area contributed by atoms with E-state index in [0.717, 1.165) is 48.0 Å². The maximum Gasteiger partial charge on any atom is 0.243 e. The van der Waals surface area contributed by atoms with Gasteiger partial charge >= 0.3 is 0 Å². The Balaban J connectivity index is 1.74. The van der Waals surface area contributed by atoms with Crippen molar-refractivity contribution in [2.45, 2.75) is 98.4 Å². The molecule has 2 heterocycles. The molecule has 39 heavy (non-hydrogen) atoms. The van der Waals surface area contributed by atoms with Crippen molar-refractivity contribution in [3.8, 4) is 0 Å². The standard InChI is InChI=1S/C32H46N2O4S/c1-23(2)18-26(19-29(35)21-32(5,6)7)10-8-9-16-34(22-28-12-11-24(3)33-25(28)4)39(36,37)30-13-14-31-27(20-30)15-17-38-31/h11-15,17,20,23,26H,8-10,16,18-19,21-22H2,1-7H3. The fourth-order valence-electron chi connectivity index (χ4n) is 5.29. The van der Waals surface area contributed by atoms with Crippen LogP contribution in [0.2, 0.25) is 0 Å². The van der Waals surface area contributed by atoms with Crippen LogP contribution in [0.5, 0.6) is 0 Å². The maximum atomic E-state index is 13.9. The van der Waals surface area contributed by atoms with Crippen molar-refractivity contribution in [3.63, 3.8) is 0 Å².